The lowest BCUT2D eigenvalue weighted by molar-refractivity contribution is -0.142. The van der Waals surface area contributed by atoms with Crippen molar-refractivity contribution >= 4 is 36.3 Å². The summed E-state index contributed by atoms with van der Waals surface area (Å²) in [5.74, 6) is -2.60. The Morgan fingerprint density at radius 3 is 2.41 bits per heavy atom. The van der Waals surface area contributed by atoms with Crippen LogP contribution in [0.3, 0.4) is 0 Å². The molecule has 3 unspecified atom stereocenters. The Morgan fingerprint density at radius 1 is 1.15 bits per heavy atom. The van der Waals surface area contributed by atoms with E-state index in [1.165, 1.54) is 4.90 Å². The summed E-state index contributed by atoms with van der Waals surface area (Å²) in [6, 6.07) is -2.76. The van der Waals surface area contributed by atoms with Crippen LogP contribution in [0.15, 0.2) is 0 Å². The standard InChI is InChI=1S/C16H29N5O5S/c17-6-2-1-4-10(16(25)26)19-14(23)11(9-27)20-15(24)12-5-3-7-21(12)13(22)8-18/h10-12,27H,1-9,17-18H2,(H,19,23)(H,20,24)(H,25,26). The molecule has 1 saturated heterocycles. The number of unbranched alkanes of at least 4 members (excludes halogenated alkanes) is 1. The first-order valence-corrected chi connectivity index (χ1v) is 9.62. The number of aliphatic carboxylic acids is 1. The predicted molar refractivity (Wildman–Crippen MR) is 102 cm³/mol. The van der Waals surface area contributed by atoms with Gasteiger partial charge in [0.25, 0.3) is 0 Å². The molecule has 10 nitrogen and oxygen atoms in total. The number of carbonyl (C=O) groups is 4. The molecule has 27 heavy (non-hydrogen) atoms. The summed E-state index contributed by atoms with van der Waals surface area (Å²) >= 11 is 4.07. The number of carboxylic acids is 1. The number of hydrogen-bond donors (Lipinski definition) is 6. The Hall–Kier alpha value is -1.85. The van der Waals surface area contributed by atoms with Gasteiger partial charge in [0, 0.05) is 12.3 Å². The highest BCUT2D eigenvalue weighted by Crippen LogP contribution is 2.17. The third kappa shape index (κ3) is 7.00. The van der Waals surface area contributed by atoms with E-state index < -0.39 is 35.9 Å². The van der Waals surface area contributed by atoms with E-state index in [0.717, 1.165) is 0 Å². The zero-order valence-corrected chi connectivity index (χ0v) is 16.1. The number of nitrogens with zero attached hydrogens (tertiary/aromatic N) is 1. The molecule has 0 aromatic carbocycles. The van der Waals surface area contributed by atoms with E-state index in [1.54, 1.807) is 0 Å². The Bertz CT molecular complexity index is 547. The van der Waals surface area contributed by atoms with Gasteiger partial charge in [-0.25, -0.2) is 4.79 Å². The molecule has 1 aliphatic rings. The molecule has 1 rings (SSSR count). The Labute approximate surface area is 163 Å². The molecular formula is C16H29N5O5S. The lowest BCUT2D eigenvalue weighted by atomic mass is 10.1. The molecular weight excluding hydrogens is 374 g/mol. The Balaban J connectivity index is 2.67. The minimum absolute atomic E-state index is 0.00966. The van der Waals surface area contributed by atoms with Gasteiger partial charge in [-0.05, 0) is 38.6 Å². The molecule has 1 fully saturated rings. The van der Waals surface area contributed by atoms with Crippen LogP contribution in [0.2, 0.25) is 0 Å². The largest absolute Gasteiger partial charge is 0.480 e. The van der Waals surface area contributed by atoms with Crippen molar-refractivity contribution in [2.24, 2.45) is 11.5 Å². The molecule has 1 heterocycles. The van der Waals surface area contributed by atoms with Crippen LogP contribution >= 0.6 is 12.6 Å². The van der Waals surface area contributed by atoms with E-state index in [4.69, 9.17) is 11.5 Å². The Morgan fingerprint density at radius 2 is 1.85 bits per heavy atom. The van der Waals surface area contributed by atoms with Crippen LogP contribution in [0.25, 0.3) is 0 Å². The van der Waals surface area contributed by atoms with E-state index >= 15 is 0 Å². The van der Waals surface area contributed by atoms with Crippen LogP contribution in [-0.4, -0.2) is 77.2 Å². The van der Waals surface area contributed by atoms with E-state index in [9.17, 15) is 24.3 Å². The first-order chi connectivity index (χ1) is 12.8. The second-order valence-electron chi connectivity index (χ2n) is 6.38. The summed E-state index contributed by atoms with van der Waals surface area (Å²) in [5.41, 5.74) is 10.8. The summed E-state index contributed by atoms with van der Waals surface area (Å²) in [6.45, 7) is 0.687. The van der Waals surface area contributed by atoms with Gasteiger partial charge in [0.1, 0.15) is 18.1 Å². The van der Waals surface area contributed by atoms with Gasteiger partial charge >= 0.3 is 5.97 Å². The minimum Gasteiger partial charge on any atom is -0.480 e. The number of amides is 3. The number of nitrogens with two attached hydrogens (primary N) is 2. The van der Waals surface area contributed by atoms with Gasteiger partial charge in [-0.1, -0.05) is 0 Å². The van der Waals surface area contributed by atoms with Gasteiger partial charge in [0.15, 0.2) is 0 Å². The van der Waals surface area contributed by atoms with Gasteiger partial charge in [-0.2, -0.15) is 12.6 Å². The lowest BCUT2D eigenvalue weighted by Gasteiger charge is -2.26. The quantitative estimate of drug-likeness (QED) is 0.172. The number of carboxylic acid groups (broad SMARTS) is 1. The monoisotopic (exact) mass is 403 g/mol. The van der Waals surface area contributed by atoms with Gasteiger partial charge < -0.3 is 32.1 Å². The second kappa shape index (κ2) is 11.8. The van der Waals surface area contributed by atoms with Crippen LogP contribution in [0.4, 0.5) is 0 Å². The fourth-order valence-corrected chi connectivity index (χ4v) is 3.20. The first kappa shape index (κ1) is 23.2. The minimum atomic E-state index is -1.15. The molecule has 0 bridgehead atoms. The highest BCUT2D eigenvalue weighted by molar-refractivity contribution is 7.80. The molecule has 7 N–H and O–H groups in total. The summed E-state index contributed by atoms with van der Waals surface area (Å²) < 4.78 is 0. The number of nitrogens with one attached hydrogen (secondary N) is 2. The molecule has 3 amide bonds. The fraction of sp³-hybridized carbons (Fsp3) is 0.750. The van der Waals surface area contributed by atoms with Crippen LogP contribution in [0.1, 0.15) is 32.1 Å². The van der Waals surface area contributed by atoms with Gasteiger partial charge in [0.05, 0.1) is 6.54 Å². The fourth-order valence-electron chi connectivity index (χ4n) is 2.94. The highest BCUT2D eigenvalue weighted by atomic mass is 32.1. The van der Waals surface area contributed by atoms with Crippen molar-refractivity contribution < 1.29 is 24.3 Å². The van der Waals surface area contributed by atoms with Crippen molar-refractivity contribution in [1.29, 1.82) is 0 Å². The first-order valence-electron chi connectivity index (χ1n) is 8.99. The van der Waals surface area contributed by atoms with E-state index in [1.807, 2.05) is 0 Å². The lowest BCUT2D eigenvalue weighted by Crippen LogP contribution is -2.56. The molecule has 0 aromatic rings. The predicted octanol–water partition coefficient (Wildman–Crippen LogP) is -1.95. The van der Waals surface area contributed by atoms with Crippen molar-refractivity contribution in [3.63, 3.8) is 0 Å². The molecule has 154 valence electrons. The van der Waals surface area contributed by atoms with Gasteiger partial charge in [-0.15, -0.1) is 0 Å². The smallest absolute Gasteiger partial charge is 0.326 e. The average molecular weight is 404 g/mol. The zero-order valence-electron chi connectivity index (χ0n) is 15.2. The summed E-state index contributed by atoms with van der Waals surface area (Å²) in [7, 11) is 0. The van der Waals surface area contributed by atoms with Crippen molar-refractivity contribution in [2.45, 2.75) is 50.2 Å². The van der Waals surface area contributed by atoms with Gasteiger partial charge in [-0.3, -0.25) is 14.4 Å². The molecule has 0 radical (unpaired) electrons. The SMILES string of the molecule is NCCCCC(NC(=O)C(CS)NC(=O)C1CCCN1C(=O)CN)C(=O)O. The van der Waals surface area contributed by atoms with Crippen molar-refractivity contribution in [2.75, 3.05) is 25.4 Å². The molecule has 11 heteroatoms. The molecule has 1 aliphatic heterocycles. The number of hydrogen-bond acceptors (Lipinski definition) is 7. The Kier molecular flexibility index (Phi) is 10.1. The molecule has 0 aliphatic carbocycles. The highest BCUT2D eigenvalue weighted by Gasteiger charge is 2.35. The van der Waals surface area contributed by atoms with Crippen molar-refractivity contribution in [3.8, 4) is 0 Å². The number of carbonyl (C=O) groups excluding carboxylic acids is 3. The number of thiol groups is 1. The number of rotatable bonds is 11. The topological polar surface area (TPSA) is 168 Å². The van der Waals surface area contributed by atoms with Crippen LogP contribution in [0.5, 0.6) is 0 Å². The van der Waals surface area contributed by atoms with Crippen molar-refractivity contribution in [1.82, 2.24) is 15.5 Å². The maximum atomic E-state index is 12.5. The maximum Gasteiger partial charge on any atom is 0.326 e. The normalized spacial score (nSPS) is 18.6. The van der Waals surface area contributed by atoms with E-state index in [0.29, 0.717) is 38.8 Å². The zero-order chi connectivity index (χ0) is 20.4. The second-order valence-corrected chi connectivity index (χ2v) is 6.74. The average Bonchev–Trinajstić information content (AvgIpc) is 3.14. The third-order valence-corrected chi connectivity index (χ3v) is 4.79. The van der Waals surface area contributed by atoms with E-state index in [2.05, 4.69) is 23.3 Å². The third-order valence-electron chi connectivity index (χ3n) is 4.43. The molecule has 3 atom stereocenters. The van der Waals surface area contributed by atoms with Crippen molar-refractivity contribution in [3.05, 3.63) is 0 Å². The molecule has 0 spiro atoms. The summed E-state index contributed by atoms with van der Waals surface area (Å²) in [5, 5.41) is 14.2. The number of likely N-dealkylation sites (tertiary alicyclic amines) is 1. The van der Waals surface area contributed by atoms with Crippen LogP contribution in [0, 0.1) is 0 Å². The maximum absolute atomic E-state index is 12.5. The summed E-state index contributed by atoms with van der Waals surface area (Å²) in [4.78, 5) is 49.4. The van der Waals surface area contributed by atoms with E-state index in [-0.39, 0.29) is 24.6 Å². The van der Waals surface area contributed by atoms with Crippen LogP contribution < -0.4 is 22.1 Å². The van der Waals surface area contributed by atoms with Crippen LogP contribution in [-0.2, 0) is 19.2 Å². The molecule has 0 aromatic heterocycles. The van der Waals surface area contributed by atoms with Gasteiger partial charge in [0.2, 0.25) is 17.7 Å². The molecule has 0 saturated carbocycles. The summed E-state index contributed by atoms with van der Waals surface area (Å²) in [6.07, 6.45) is 2.61.